The van der Waals surface area contributed by atoms with Gasteiger partial charge in [-0.05, 0) is 57.4 Å². The second-order valence-electron chi connectivity index (χ2n) is 6.79. The molecule has 1 aliphatic heterocycles. The zero-order valence-corrected chi connectivity index (χ0v) is 13.0. The Kier molecular flexibility index (Phi) is 5.27. The Morgan fingerprint density at radius 2 is 2.05 bits per heavy atom. The minimum absolute atomic E-state index is 0.252. The maximum Gasteiger partial charge on any atom is 0.0702 e. The minimum atomic E-state index is 0.252. The van der Waals surface area contributed by atoms with Gasteiger partial charge in [-0.25, -0.2) is 0 Å². The van der Waals surface area contributed by atoms with E-state index in [1.165, 1.54) is 38.6 Å². The van der Waals surface area contributed by atoms with Gasteiger partial charge in [-0.15, -0.1) is 0 Å². The second kappa shape index (κ2) is 6.55. The Morgan fingerprint density at radius 3 is 2.68 bits per heavy atom. The number of likely N-dealkylation sites (tertiary alicyclic amines) is 1. The van der Waals surface area contributed by atoms with E-state index in [9.17, 15) is 0 Å². The fourth-order valence-electron chi connectivity index (χ4n) is 4.03. The standard InChI is InChI=1S/C16H32N2O/c1-4-19-15-6-5-9-18(11-15)16(12-17)8-7-13(2)14(3)10-16/h13-15H,4-12,17H2,1-3H3. The number of nitrogens with zero attached hydrogens (tertiary/aromatic N) is 1. The van der Waals surface area contributed by atoms with Gasteiger partial charge in [-0.2, -0.15) is 0 Å². The maximum atomic E-state index is 6.21. The van der Waals surface area contributed by atoms with Crippen LogP contribution in [0.2, 0.25) is 0 Å². The van der Waals surface area contributed by atoms with Crippen LogP contribution >= 0.6 is 0 Å². The second-order valence-corrected chi connectivity index (χ2v) is 6.79. The summed E-state index contributed by atoms with van der Waals surface area (Å²) in [5.41, 5.74) is 6.47. The molecular formula is C16H32N2O. The van der Waals surface area contributed by atoms with Crippen molar-refractivity contribution in [3.63, 3.8) is 0 Å². The molecule has 4 atom stereocenters. The molecule has 2 fully saturated rings. The van der Waals surface area contributed by atoms with Gasteiger partial charge in [0.15, 0.2) is 0 Å². The average Bonchev–Trinajstić information content (AvgIpc) is 2.43. The van der Waals surface area contributed by atoms with Gasteiger partial charge >= 0.3 is 0 Å². The van der Waals surface area contributed by atoms with E-state index in [0.717, 1.165) is 31.5 Å². The highest BCUT2D eigenvalue weighted by molar-refractivity contribution is 4.99. The van der Waals surface area contributed by atoms with Crippen LogP contribution in [0.5, 0.6) is 0 Å². The Morgan fingerprint density at radius 1 is 1.26 bits per heavy atom. The van der Waals surface area contributed by atoms with Crippen molar-refractivity contribution in [3.05, 3.63) is 0 Å². The molecule has 4 unspecified atom stereocenters. The molecule has 0 amide bonds. The van der Waals surface area contributed by atoms with Crippen LogP contribution in [-0.2, 0) is 4.74 Å². The van der Waals surface area contributed by atoms with Crippen LogP contribution in [0.1, 0.15) is 52.9 Å². The summed E-state index contributed by atoms with van der Waals surface area (Å²) in [5.74, 6) is 1.65. The number of nitrogens with two attached hydrogens (primary N) is 1. The van der Waals surface area contributed by atoms with E-state index >= 15 is 0 Å². The van der Waals surface area contributed by atoms with Gasteiger partial charge in [0.25, 0.3) is 0 Å². The van der Waals surface area contributed by atoms with E-state index in [4.69, 9.17) is 10.5 Å². The zero-order valence-electron chi connectivity index (χ0n) is 13.0. The molecule has 0 aromatic carbocycles. The van der Waals surface area contributed by atoms with E-state index in [-0.39, 0.29) is 5.54 Å². The summed E-state index contributed by atoms with van der Waals surface area (Å²) in [6.07, 6.45) is 6.77. The predicted molar refractivity (Wildman–Crippen MR) is 80.2 cm³/mol. The van der Waals surface area contributed by atoms with E-state index in [1.807, 2.05) is 0 Å². The Labute approximate surface area is 118 Å². The van der Waals surface area contributed by atoms with Crippen LogP contribution in [0.4, 0.5) is 0 Å². The minimum Gasteiger partial charge on any atom is -0.377 e. The molecule has 1 aliphatic carbocycles. The highest BCUT2D eigenvalue weighted by Gasteiger charge is 2.42. The number of rotatable bonds is 4. The van der Waals surface area contributed by atoms with Crippen molar-refractivity contribution in [2.75, 3.05) is 26.2 Å². The van der Waals surface area contributed by atoms with Gasteiger partial charge in [0.2, 0.25) is 0 Å². The van der Waals surface area contributed by atoms with Gasteiger partial charge < -0.3 is 10.5 Å². The van der Waals surface area contributed by atoms with Crippen molar-refractivity contribution in [1.82, 2.24) is 4.90 Å². The van der Waals surface area contributed by atoms with Crippen LogP contribution in [0, 0.1) is 11.8 Å². The third kappa shape index (κ3) is 3.32. The van der Waals surface area contributed by atoms with Crippen molar-refractivity contribution < 1.29 is 4.74 Å². The van der Waals surface area contributed by atoms with E-state index < -0.39 is 0 Å². The molecule has 1 heterocycles. The first-order valence-corrected chi connectivity index (χ1v) is 8.18. The van der Waals surface area contributed by atoms with Crippen LogP contribution in [0.25, 0.3) is 0 Å². The van der Waals surface area contributed by atoms with Crippen LogP contribution < -0.4 is 5.73 Å². The van der Waals surface area contributed by atoms with E-state index in [2.05, 4.69) is 25.7 Å². The van der Waals surface area contributed by atoms with Crippen molar-refractivity contribution >= 4 is 0 Å². The molecule has 2 rings (SSSR count). The summed E-state index contributed by atoms with van der Waals surface area (Å²) in [6, 6.07) is 0. The molecule has 0 bridgehead atoms. The lowest BCUT2D eigenvalue weighted by molar-refractivity contribution is -0.0546. The third-order valence-corrected chi connectivity index (χ3v) is 5.57. The number of piperidine rings is 1. The zero-order chi connectivity index (χ0) is 13.9. The molecule has 0 aromatic heterocycles. The monoisotopic (exact) mass is 268 g/mol. The van der Waals surface area contributed by atoms with Crippen LogP contribution in [-0.4, -0.2) is 42.8 Å². The SMILES string of the molecule is CCOC1CCCN(C2(CN)CCC(C)C(C)C2)C1. The van der Waals surface area contributed by atoms with Crippen molar-refractivity contribution in [2.24, 2.45) is 17.6 Å². The highest BCUT2D eigenvalue weighted by atomic mass is 16.5. The third-order valence-electron chi connectivity index (χ3n) is 5.57. The molecule has 0 radical (unpaired) electrons. The number of hydrogen-bond donors (Lipinski definition) is 1. The van der Waals surface area contributed by atoms with Gasteiger partial charge in [0.1, 0.15) is 0 Å². The Balaban J connectivity index is 2.04. The lowest BCUT2D eigenvalue weighted by Crippen LogP contribution is -2.60. The molecule has 0 spiro atoms. The fourth-order valence-corrected chi connectivity index (χ4v) is 4.03. The Hall–Kier alpha value is -0.120. The van der Waals surface area contributed by atoms with Gasteiger partial charge in [0, 0.05) is 25.2 Å². The Bertz CT molecular complexity index is 282. The fraction of sp³-hybridized carbons (Fsp3) is 1.00. The molecule has 2 aliphatic rings. The first kappa shape index (κ1) is 15.3. The van der Waals surface area contributed by atoms with Crippen LogP contribution in [0.3, 0.4) is 0 Å². The quantitative estimate of drug-likeness (QED) is 0.852. The molecule has 3 heteroatoms. The first-order chi connectivity index (χ1) is 9.11. The maximum absolute atomic E-state index is 6.21. The lowest BCUT2D eigenvalue weighted by atomic mass is 9.70. The summed E-state index contributed by atoms with van der Waals surface area (Å²) >= 11 is 0. The molecule has 3 nitrogen and oxygen atoms in total. The predicted octanol–water partition coefficient (Wildman–Crippen LogP) is 2.64. The summed E-state index contributed by atoms with van der Waals surface area (Å²) in [6.45, 7) is 10.8. The van der Waals surface area contributed by atoms with E-state index in [1.54, 1.807) is 0 Å². The molecule has 112 valence electrons. The largest absolute Gasteiger partial charge is 0.377 e. The van der Waals surface area contributed by atoms with Crippen molar-refractivity contribution in [3.8, 4) is 0 Å². The molecule has 19 heavy (non-hydrogen) atoms. The smallest absolute Gasteiger partial charge is 0.0702 e. The van der Waals surface area contributed by atoms with E-state index in [0.29, 0.717) is 6.10 Å². The number of ether oxygens (including phenoxy) is 1. The first-order valence-electron chi connectivity index (χ1n) is 8.18. The summed E-state index contributed by atoms with van der Waals surface area (Å²) in [5, 5.41) is 0. The molecular weight excluding hydrogens is 236 g/mol. The summed E-state index contributed by atoms with van der Waals surface area (Å²) < 4.78 is 5.86. The molecule has 0 aromatic rings. The number of hydrogen-bond acceptors (Lipinski definition) is 3. The van der Waals surface area contributed by atoms with Gasteiger partial charge in [-0.3, -0.25) is 4.90 Å². The van der Waals surface area contributed by atoms with Crippen molar-refractivity contribution in [1.29, 1.82) is 0 Å². The molecule has 2 N–H and O–H groups in total. The lowest BCUT2D eigenvalue weighted by Gasteiger charge is -2.51. The van der Waals surface area contributed by atoms with Gasteiger partial charge in [-0.1, -0.05) is 13.8 Å². The summed E-state index contributed by atoms with van der Waals surface area (Å²) in [4.78, 5) is 2.67. The van der Waals surface area contributed by atoms with Gasteiger partial charge in [0.05, 0.1) is 6.10 Å². The molecule has 1 saturated carbocycles. The summed E-state index contributed by atoms with van der Waals surface area (Å²) in [7, 11) is 0. The molecule has 1 saturated heterocycles. The topological polar surface area (TPSA) is 38.5 Å². The normalized spacial score (nSPS) is 41.4. The average molecular weight is 268 g/mol. The van der Waals surface area contributed by atoms with Crippen molar-refractivity contribution in [2.45, 2.75) is 64.5 Å². The highest BCUT2D eigenvalue weighted by Crippen LogP contribution is 2.40. The van der Waals surface area contributed by atoms with Crippen LogP contribution in [0.15, 0.2) is 0 Å².